The third-order valence-corrected chi connectivity index (χ3v) is 1.88. The normalized spacial score (nSPS) is 12.2. The first-order valence-corrected chi connectivity index (χ1v) is 4.27. The largest absolute Gasteiger partial charge is 0.356 e. The first-order valence-electron chi connectivity index (χ1n) is 4.27. The van der Waals surface area contributed by atoms with Crippen molar-refractivity contribution >= 4 is 6.41 Å². The summed E-state index contributed by atoms with van der Waals surface area (Å²) in [5.41, 5.74) is 0.658. The van der Waals surface area contributed by atoms with Crippen molar-refractivity contribution < 1.29 is 13.6 Å². The average molecular weight is 199 g/mol. The molecule has 1 aromatic rings. The van der Waals surface area contributed by atoms with Gasteiger partial charge < -0.3 is 5.32 Å². The molecule has 14 heavy (non-hydrogen) atoms. The van der Waals surface area contributed by atoms with E-state index in [9.17, 15) is 13.6 Å². The zero-order chi connectivity index (χ0) is 10.6. The van der Waals surface area contributed by atoms with Crippen LogP contribution in [-0.2, 0) is 11.2 Å². The lowest BCUT2D eigenvalue weighted by molar-refractivity contribution is -0.110. The molecule has 1 unspecified atom stereocenters. The van der Waals surface area contributed by atoms with E-state index in [2.05, 4.69) is 5.32 Å². The van der Waals surface area contributed by atoms with E-state index in [1.165, 1.54) is 6.07 Å². The van der Waals surface area contributed by atoms with E-state index in [0.717, 1.165) is 12.1 Å². The number of rotatable bonds is 4. The van der Waals surface area contributed by atoms with E-state index in [-0.39, 0.29) is 6.04 Å². The second-order valence-corrected chi connectivity index (χ2v) is 3.14. The zero-order valence-corrected chi connectivity index (χ0v) is 7.76. The maximum Gasteiger partial charge on any atom is 0.207 e. The lowest BCUT2D eigenvalue weighted by Gasteiger charge is -2.09. The molecule has 0 bridgehead atoms. The molecule has 0 fully saturated rings. The fourth-order valence-corrected chi connectivity index (χ4v) is 1.20. The van der Waals surface area contributed by atoms with Gasteiger partial charge in [0.05, 0.1) is 0 Å². The molecular formula is C10H11F2NO. The second-order valence-electron chi connectivity index (χ2n) is 3.14. The topological polar surface area (TPSA) is 29.1 Å². The van der Waals surface area contributed by atoms with Crippen LogP contribution in [0.2, 0.25) is 0 Å². The quantitative estimate of drug-likeness (QED) is 0.734. The number of carbonyl (C=O) groups is 1. The lowest BCUT2D eigenvalue weighted by Crippen LogP contribution is -2.26. The molecule has 0 aliphatic rings. The predicted octanol–water partition coefficient (Wildman–Crippen LogP) is 1.64. The van der Waals surface area contributed by atoms with Gasteiger partial charge in [0.15, 0.2) is 11.6 Å². The van der Waals surface area contributed by atoms with E-state index in [1.54, 1.807) is 6.92 Å². The van der Waals surface area contributed by atoms with Gasteiger partial charge in [-0.3, -0.25) is 4.79 Å². The standard InChI is InChI=1S/C10H11F2NO/c1-7(13-6-14)4-8-2-3-9(11)10(12)5-8/h2-3,5-7H,4H2,1H3,(H,13,14). The summed E-state index contributed by atoms with van der Waals surface area (Å²) in [6.45, 7) is 1.79. The van der Waals surface area contributed by atoms with Crippen LogP contribution >= 0.6 is 0 Å². The Morgan fingerprint density at radius 3 is 2.71 bits per heavy atom. The van der Waals surface area contributed by atoms with Gasteiger partial charge in [-0.15, -0.1) is 0 Å². The van der Waals surface area contributed by atoms with E-state index in [0.29, 0.717) is 18.4 Å². The molecule has 1 atom stereocenters. The molecule has 0 saturated carbocycles. The summed E-state index contributed by atoms with van der Waals surface area (Å²) in [6, 6.07) is 3.63. The lowest BCUT2D eigenvalue weighted by atomic mass is 10.1. The smallest absolute Gasteiger partial charge is 0.207 e. The maximum absolute atomic E-state index is 12.8. The Morgan fingerprint density at radius 1 is 1.43 bits per heavy atom. The third-order valence-electron chi connectivity index (χ3n) is 1.88. The van der Waals surface area contributed by atoms with Crippen LogP contribution in [0.15, 0.2) is 18.2 Å². The minimum atomic E-state index is -0.860. The Kier molecular flexibility index (Phi) is 3.56. The molecule has 1 amide bonds. The Bertz CT molecular complexity index is 328. The number of benzene rings is 1. The van der Waals surface area contributed by atoms with Gasteiger partial charge in [-0.2, -0.15) is 0 Å². The van der Waals surface area contributed by atoms with E-state index >= 15 is 0 Å². The van der Waals surface area contributed by atoms with Crippen molar-refractivity contribution in [2.45, 2.75) is 19.4 Å². The summed E-state index contributed by atoms with van der Waals surface area (Å²) >= 11 is 0. The van der Waals surface area contributed by atoms with E-state index in [4.69, 9.17) is 0 Å². The van der Waals surface area contributed by atoms with Gasteiger partial charge >= 0.3 is 0 Å². The highest BCUT2D eigenvalue weighted by Gasteiger charge is 2.05. The highest BCUT2D eigenvalue weighted by atomic mass is 19.2. The molecule has 1 aromatic carbocycles. The van der Waals surface area contributed by atoms with Gasteiger partial charge in [-0.25, -0.2) is 8.78 Å². The Hall–Kier alpha value is -1.45. The fraction of sp³-hybridized carbons (Fsp3) is 0.300. The number of nitrogens with one attached hydrogen (secondary N) is 1. The molecule has 0 heterocycles. The van der Waals surface area contributed by atoms with Crippen molar-refractivity contribution in [2.75, 3.05) is 0 Å². The summed E-state index contributed by atoms with van der Waals surface area (Å²) in [5, 5.41) is 2.53. The average Bonchev–Trinajstić information content (AvgIpc) is 2.12. The van der Waals surface area contributed by atoms with Crippen molar-refractivity contribution in [1.29, 1.82) is 0 Å². The molecule has 1 N–H and O–H groups in total. The maximum atomic E-state index is 12.8. The van der Waals surface area contributed by atoms with Crippen LogP contribution in [-0.4, -0.2) is 12.5 Å². The van der Waals surface area contributed by atoms with Crippen molar-refractivity contribution in [3.8, 4) is 0 Å². The van der Waals surface area contributed by atoms with Crippen LogP contribution in [0.1, 0.15) is 12.5 Å². The van der Waals surface area contributed by atoms with E-state index < -0.39 is 11.6 Å². The van der Waals surface area contributed by atoms with Gasteiger partial charge in [0.1, 0.15) is 0 Å². The van der Waals surface area contributed by atoms with Crippen LogP contribution in [0.4, 0.5) is 8.78 Å². The van der Waals surface area contributed by atoms with Crippen molar-refractivity contribution in [3.05, 3.63) is 35.4 Å². The van der Waals surface area contributed by atoms with Gasteiger partial charge in [-0.05, 0) is 31.0 Å². The molecule has 0 aromatic heterocycles. The van der Waals surface area contributed by atoms with Gasteiger partial charge in [0.25, 0.3) is 0 Å². The molecule has 0 radical (unpaired) electrons. The van der Waals surface area contributed by atoms with Crippen LogP contribution in [0.25, 0.3) is 0 Å². The number of hydrogen-bond donors (Lipinski definition) is 1. The van der Waals surface area contributed by atoms with Gasteiger partial charge in [0, 0.05) is 6.04 Å². The summed E-state index contributed by atoms with van der Waals surface area (Å²) in [6.07, 6.45) is 1.07. The van der Waals surface area contributed by atoms with Crippen LogP contribution in [0.5, 0.6) is 0 Å². The number of amides is 1. The predicted molar refractivity (Wildman–Crippen MR) is 48.7 cm³/mol. The number of hydrogen-bond acceptors (Lipinski definition) is 1. The Labute approximate surface area is 80.9 Å². The molecule has 0 spiro atoms. The summed E-state index contributed by atoms with van der Waals surface area (Å²) in [5.74, 6) is -1.72. The minimum Gasteiger partial charge on any atom is -0.356 e. The van der Waals surface area contributed by atoms with Crippen LogP contribution < -0.4 is 5.32 Å². The minimum absolute atomic E-state index is 0.0858. The molecule has 0 aliphatic carbocycles. The monoisotopic (exact) mass is 199 g/mol. The molecule has 0 saturated heterocycles. The molecular weight excluding hydrogens is 188 g/mol. The van der Waals surface area contributed by atoms with Gasteiger partial charge in [0.2, 0.25) is 6.41 Å². The summed E-state index contributed by atoms with van der Waals surface area (Å²) in [4.78, 5) is 10.1. The van der Waals surface area contributed by atoms with Crippen LogP contribution in [0, 0.1) is 11.6 Å². The molecule has 2 nitrogen and oxygen atoms in total. The Balaban J connectivity index is 2.67. The molecule has 1 rings (SSSR count). The molecule has 4 heteroatoms. The fourth-order valence-electron chi connectivity index (χ4n) is 1.20. The highest BCUT2D eigenvalue weighted by Crippen LogP contribution is 2.10. The van der Waals surface area contributed by atoms with E-state index in [1.807, 2.05) is 0 Å². The van der Waals surface area contributed by atoms with Crippen LogP contribution in [0.3, 0.4) is 0 Å². The first kappa shape index (κ1) is 10.6. The molecule has 76 valence electrons. The SMILES string of the molecule is CC(Cc1ccc(F)c(F)c1)NC=O. The zero-order valence-electron chi connectivity index (χ0n) is 7.76. The highest BCUT2D eigenvalue weighted by molar-refractivity contribution is 5.46. The summed E-state index contributed by atoms with van der Waals surface area (Å²) in [7, 11) is 0. The second kappa shape index (κ2) is 4.69. The number of halogens is 2. The molecule has 0 aliphatic heterocycles. The summed E-state index contributed by atoms with van der Waals surface area (Å²) < 4.78 is 25.3. The van der Waals surface area contributed by atoms with Crippen molar-refractivity contribution in [1.82, 2.24) is 5.32 Å². The van der Waals surface area contributed by atoms with Crippen molar-refractivity contribution in [3.63, 3.8) is 0 Å². The number of carbonyl (C=O) groups excluding carboxylic acids is 1. The Morgan fingerprint density at radius 2 is 2.14 bits per heavy atom. The van der Waals surface area contributed by atoms with Crippen molar-refractivity contribution in [2.24, 2.45) is 0 Å². The third kappa shape index (κ3) is 2.80. The first-order chi connectivity index (χ1) is 6.63. The van der Waals surface area contributed by atoms with Gasteiger partial charge in [-0.1, -0.05) is 6.07 Å².